The zero-order valence-electron chi connectivity index (χ0n) is 12.2. The van der Waals surface area contributed by atoms with Gasteiger partial charge in [-0.2, -0.15) is 0 Å². The minimum absolute atomic E-state index is 0.537. The lowest BCUT2D eigenvalue weighted by Crippen LogP contribution is -2.44. The zero-order valence-corrected chi connectivity index (χ0v) is 12.2. The van der Waals surface area contributed by atoms with Gasteiger partial charge in [-0.3, -0.25) is 0 Å². The van der Waals surface area contributed by atoms with E-state index in [4.69, 9.17) is 9.47 Å². The van der Waals surface area contributed by atoms with Crippen LogP contribution in [0.1, 0.15) is 11.1 Å². The van der Waals surface area contributed by atoms with E-state index in [1.165, 1.54) is 0 Å². The Bertz CT molecular complexity index is 434. The topological polar surface area (TPSA) is 33.7 Å². The smallest absolute Gasteiger partial charge is 0.125 e. The number of rotatable bonds is 6. The minimum Gasteiger partial charge on any atom is -0.496 e. The van der Waals surface area contributed by atoms with E-state index in [-0.39, 0.29) is 0 Å². The number of piperazine rings is 1. The SMILES string of the molecule is COc1cc(CCN2CCNCC2)c(OC)cc1CF. The predicted octanol–water partition coefficient (Wildman–Crippen LogP) is 1.62. The van der Waals surface area contributed by atoms with E-state index in [1.54, 1.807) is 20.3 Å². The fraction of sp³-hybridized carbons (Fsp3) is 0.600. The van der Waals surface area contributed by atoms with Gasteiger partial charge in [0.2, 0.25) is 0 Å². The van der Waals surface area contributed by atoms with Gasteiger partial charge >= 0.3 is 0 Å². The number of methoxy groups -OCH3 is 2. The molecule has 0 unspecified atom stereocenters. The highest BCUT2D eigenvalue weighted by molar-refractivity contribution is 5.46. The van der Waals surface area contributed by atoms with Gasteiger partial charge in [0, 0.05) is 38.3 Å². The number of nitrogens with zero attached hydrogens (tertiary/aromatic N) is 1. The molecule has 1 aromatic carbocycles. The Morgan fingerprint density at radius 3 is 2.30 bits per heavy atom. The van der Waals surface area contributed by atoms with Crippen LogP contribution in [0.15, 0.2) is 12.1 Å². The third-order valence-corrected chi connectivity index (χ3v) is 3.73. The van der Waals surface area contributed by atoms with Crippen molar-refractivity contribution in [2.24, 2.45) is 0 Å². The van der Waals surface area contributed by atoms with Gasteiger partial charge in [0.25, 0.3) is 0 Å². The average Bonchev–Trinajstić information content (AvgIpc) is 2.52. The van der Waals surface area contributed by atoms with Gasteiger partial charge in [0.15, 0.2) is 0 Å². The first-order chi connectivity index (χ1) is 9.78. The van der Waals surface area contributed by atoms with Crippen molar-refractivity contribution in [1.82, 2.24) is 10.2 Å². The number of hydrogen-bond acceptors (Lipinski definition) is 4. The van der Waals surface area contributed by atoms with Gasteiger partial charge in [0.05, 0.1) is 14.2 Å². The van der Waals surface area contributed by atoms with Crippen molar-refractivity contribution in [1.29, 1.82) is 0 Å². The second kappa shape index (κ2) is 7.45. The highest BCUT2D eigenvalue weighted by atomic mass is 19.1. The Hall–Kier alpha value is -1.33. The van der Waals surface area contributed by atoms with Crippen LogP contribution in [0.2, 0.25) is 0 Å². The summed E-state index contributed by atoms with van der Waals surface area (Å²) in [6.45, 7) is 4.67. The van der Waals surface area contributed by atoms with Crippen LogP contribution in [0.3, 0.4) is 0 Å². The summed E-state index contributed by atoms with van der Waals surface area (Å²) in [5.41, 5.74) is 1.61. The monoisotopic (exact) mass is 282 g/mol. The molecule has 1 aliphatic heterocycles. The van der Waals surface area contributed by atoms with Gasteiger partial charge in [-0.25, -0.2) is 4.39 Å². The molecule has 1 saturated heterocycles. The highest BCUT2D eigenvalue weighted by Gasteiger charge is 2.14. The van der Waals surface area contributed by atoms with Crippen molar-refractivity contribution in [3.63, 3.8) is 0 Å². The van der Waals surface area contributed by atoms with E-state index >= 15 is 0 Å². The average molecular weight is 282 g/mol. The molecular weight excluding hydrogens is 259 g/mol. The van der Waals surface area contributed by atoms with Gasteiger partial charge < -0.3 is 19.7 Å². The Kier molecular flexibility index (Phi) is 5.61. The maximum atomic E-state index is 12.9. The van der Waals surface area contributed by atoms with Crippen LogP contribution in [-0.2, 0) is 13.1 Å². The normalized spacial score (nSPS) is 16.1. The van der Waals surface area contributed by atoms with Crippen LogP contribution in [0.5, 0.6) is 11.5 Å². The summed E-state index contributed by atoms with van der Waals surface area (Å²) in [5, 5.41) is 3.34. The molecule has 0 amide bonds. The van der Waals surface area contributed by atoms with E-state index in [0.717, 1.165) is 50.5 Å². The highest BCUT2D eigenvalue weighted by Crippen LogP contribution is 2.30. The maximum Gasteiger partial charge on any atom is 0.125 e. The molecule has 5 heteroatoms. The van der Waals surface area contributed by atoms with Gasteiger partial charge in [0.1, 0.15) is 18.2 Å². The summed E-state index contributed by atoms with van der Waals surface area (Å²) in [5.74, 6) is 1.34. The maximum absolute atomic E-state index is 12.9. The Labute approximate surface area is 119 Å². The molecule has 1 fully saturated rings. The molecule has 2 rings (SSSR count). The summed E-state index contributed by atoms with van der Waals surface area (Å²) in [7, 11) is 3.19. The standard InChI is InChI=1S/C15H23FN2O2/c1-19-14-10-13(11-16)15(20-2)9-12(14)3-6-18-7-4-17-5-8-18/h9-10,17H,3-8,11H2,1-2H3. The van der Waals surface area contributed by atoms with Crippen molar-refractivity contribution in [2.75, 3.05) is 46.9 Å². The van der Waals surface area contributed by atoms with Crippen LogP contribution in [-0.4, -0.2) is 51.8 Å². The van der Waals surface area contributed by atoms with Crippen LogP contribution in [0.25, 0.3) is 0 Å². The molecule has 1 aliphatic rings. The van der Waals surface area contributed by atoms with Crippen LogP contribution < -0.4 is 14.8 Å². The van der Waals surface area contributed by atoms with Gasteiger partial charge in [-0.15, -0.1) is 0 Å². The Morgan fingerprint density at radius 1 is 1.10 bits per heavy atom. The zero-order chi connectivity index (χ0) is 14.4. The molecule has 0 atom stereocenters. The lowest BCUT2D eigenvalue weighted by molar-refractivity contribution is 0.243. The fourth-order valence-electron chi connectivity index (χ4n) is 2.54. The number of halogens is 1. The molecule has 0 bridgehead atoms. The van der Waals surface area contributed by atoms with E-state index in [9.17, 15) is 4.39 Å². The number of nitrogens with one attached hydrogen (secondary N) is 1. The quantitative estimate of drug-likeness (QED) is 0.860. The summed E-state index contributed by atoms with van der Waals surface area (Å²) >= 11 is 0. The molecule has 0 aliphatic carbocycles. The number of benzene rings is 1. The third-order valence-electron chi connectivity index (χ3n) is 3.73. The van der Waals surface area contributed by atoms with E-state index in [0.29, 0.717) is 11.3 Å². The number of hydrogen-bond donors (Lipinski definition) is 1. The first-order valence-electron chi connectivity index (χ1n) is 7.01. The molecule has 4 nitrogen and oxygen atoms in total. The second-order valence-electron chi connectivity index (χ2n) is 4.95. The molecule has 112 valence electrons. The predicted molar refractivity (Wildman–Crippen MR) is 77.4 cm³/mol. The lowest BCUT2D eigenvalue weighted by atomic mass is 10.1. The third kappa shape index (κ3) is 3.61. The van der Waals surface area contributed by atoms with E-state index in [2.05, 4.69) is 10.2 Å². The summed E-state index contributed by atoms with van der Waals surface area (Å²) < 4.78 is 23.6. The minimum atomic E-state index is -0.544. The molecule has 1 heterocycles. The molecule has 1 N–H and O–H groups in total. The first kappa shape index (κ1) is 15.1. The summed E-state index contributed by atoms with van der Waals surface area (Å²) in [4.78, 5) is 2.42. The Morgan fingerprint density at radius 2 is 1.70 bits per heavy atom. The van der Waals surface area contributed by atoms with Gasteiger partial charge in [-0.05, 0) is 24.1 Å². The first-order valence-corrected chi connectivity index (χ1v) is 7.01. The van der Waals surface area contributed by atoms with E-state index < -0.39 is 6.67 Å². The largest absolute Gasteiger partial charge is 0.496 e. The van der Waals surface area contributed by atoms with Gasteiger partial charge in [-0.1, -0.05) is 0 Å². The molecule has 0 radical (unpaired) electrons. The summed E-state index contributed by atoms with van der Waals surface area (Å²) in [6, 6.07) is 3.64. The fourth-order valence-corrected chi connectivity index (χ4v) is 2.54. The number of ether oxygens (including phenoxy) is 2. The molecule has 0 saturated carbocycles. The van der Waals surface area contributed by atoms with Crippen molar-refractivity contribution < 1.29 is 13.9 Å². The van der Waals surface area contributed by atoms with Crippen molar-refractivity contribution in [3.05, 3.63) is 23.3 Å². The van der Waals surface area contributed by atoms with Crippen LogP contribution in [0.4, 0.5) is 4.39 Å². The van der Waals surface area contributed by atoms with Crippen molar-refractivity contribution >= 4 is 0 Å². The van der Waals surface area contributed by atoms with Crippen LogP contribution >= 0.6 is 0 Å². The van der Waals surface area contributed by atoms with Crippen LogP contribution in [0, 0.1) is 0 Å². The Balaban J connectivity index is 2.08. The lowest BCUT2D eigenvalue weighted by Gasteiger charge is -2.27. The molecule has 0 aromatic heterocycles. The van der Waals surface area contributed by atoms with Crippen molar-refractivity contribution in [2.45, 2.75) is 13.1 Å². The molecule has 0 spiro atoms. The number of alkyl halides is 1. The van der Waals surface area contributed by atoms with E-state index in [1.807, 2.05) is 6.07 Å². The molecular formula is C15H23FN2O2. The second-order valence-corrected chi connectivity index (χ2v) is 4.95. The molecule has 20 heavy (non-hydrogen) atoms. The molecule has 1 aromatic rings. The summed E-state index contributed by atoms with van der Waals surface area (Å²) in [6.07, 6.45) is 0.881. The van der Waals surface area contributed by atoms with Crippen molar-refractivity contribution in [3.8, 4) is 11.5 Å².